The van der Waals surface area contributed by atoms with Gasteiger partial charge in [-0.1, -0.05) is 23.5 Å². The number of thioether (sulfide) groups is 1. The second-order valence-corrected chi connectivity index (χ2v) is 5.15. The average molecular weight is 237 g/mol. The molecular formula is C11H13N2S2+. The lowest BCUT2D eigenvalue weighted by atomic mass is 10.2. The minimum atomic E-state index is 0.819. The van der Waals surface area contributed by atoms with Crippen molar-refractivity contribution in [3.8, 4) is 5.69 Å². The molecule has 1 aromatic heterocycles. The quantitative estimate of drug-likeness (QED) is 0.494. The molecular weight excluding hydrogens is 224 g/mol. The van der Waals surface area contributed by atoms with Crippen LogP contribution in [0.2, 0.25) is 0 Å². The Morgan fingerprint density at radius 3 is 2.73 bits per heavy atom. The Labute approximate surface area is 97.8 Å². The number of hydrogen-bond acceptors (Lipinski definition) is 3. The van der Waals surface area contributed by atoms with E-state index in [0.29, 0.717) is 0 Å². The van der Waals surface area contributed by atoms with Gasteiger partial charge in [-0.25, -0.2) is 0 Å². The number of hydrogen-bond donors (Lipinski definition) is 1. The first-order valence-electron chi connectivity index (χ1n) is 4.63. The highest BCUT2D eigenvalue weighted by atomic mass is 32.2. The van der Waals surface area contributed by atoms with Crippen LogP contribution < -0.4 is 10.3 Å². The lowest BCUT2D eigenvalue weighted by Crippen LogP contribution is -2.34. The molecule has 0 saturated heterocycles. The first-order valence-corrected chi connectivity index (χ1v) is 6.73. The number of thiazole rings is 1. The van der Waals surface area contributed by atoms with Gasteiger partial charge in [-0.3, -0.25) is 0 Å². The third-order valence-electron chi connectivity index (χ3n) is 2.22. The Bertz CT molecular complexity index is 477. The number of rotatable bonds is 2. The molecule has 2 aromatic rings. The lowest BCUT2D eigenvalue weighted by molar-refractivity contribution is -0.634. The van der Waals surface area contributed by atoms with Crippen LogP contribution in [-0.4, -0.2) is 6.26 Å². The largest absolute Gasteiger partial charge is 0.393 e. The summed E-state index contributed by atoms with van der Waals surface area (Å²) in [6.45, 7) is 2.10. The van der Waals surface area contributed by atoms with Gasteiger partial charge in [-0.2, -0.15) is 0 Å². The van der Waals surface area contributed by atoms with Crippen LogP contribution in [0.3, 0.4) is 0 Å². The molecule has 1 aromatic carbocycles. The maximum absolute atomic E-state index is 5.98. The van der Waals surface area contributed by atoms with Gasteiger partial charge >= 0.3 is 4.34 Å². The number of nitrogens with zero attached hydrogens (tertiary/aromatic N) is 1. The van der Waals surface area contributed by atoms with Crippen molar-refractivity contribution in [2.75, 3.05) is 12.0 Å². The van der Waals surface area contributed by atoms with E-state index in [1.165, 1.54) is 10.0 Å². The van der Waals surface area contributed by atoms with Crippen LogP contribution in [0.15, 0.2) is 34.0 Å². The van der Waals surface area contributed by atoms with E-state index in [1.807, 2.05) is 18.2 Å². The molecule has 0 aliphatic heterocycles. The first-order chi connectivity index (χ1) is 7.24. The summed E-state index contributed by atoms with van der Waals surface area (Å²) in [6.07, 6.45) is 2.08. The number of anilines is 1. The highest BCUT2D eigenvalue weighted by Gasteiger charge is 2.21. The summed E-state index contributed by atoms with van der Waals surface area (Å²) in [4.78, 5) is 0. The summed E-state index contributed by atoms with van der Waals surface area (Å²) < 4.78 is 3.45. The van der Waals surface area contributed by atoms with Gasteiger partial charge in [0.25, 0.3) is 0 Å². The number of aromatic nitrogens is 1. The molecule has 0 saturated carbocycles. The molecule has 0 amide bonds. The standard InChI is InChI=1S/C11H13N2S2/c1-8-7-15-11(14-2)13(8)10-6-4-3-5-9(10)12/h3-7H,12H2,1-2H3/q+1. The zero-order chi connectivity index (χ0) is 10.8. The van der Waals surface area contributed by atoms with Crippen molar-refractivity contribution in [1.29, 1.82) is 0 Å². The summed E-state index contributed by atoms with van der Waals surface area (Å²) in [5.74, 6) is 0. The van der Waals surface area contributed by atoms with Crippen molar-refractivity contribution in [2.24, 2.45) is 0 Å². The molecule has 1 heterocycles. The second kappa shape index (κ2) is 4.24. The molecule has 15 heavy (non-hydrogen) atoms. The van der Waals surface area contributed by atoms with Crippen molar-refractivity contribution in [3.05, 3.63) is 35.3 Å². The Morgan fingerprint density at radius 2 is 2.07 bits per heavy atom. The van der Waals surface area contributed by atoms with Crippen LogP contribution >= 0.6 is 23.1 Å². The van der Waals surface area contributed by atoms with E-state index in [4.69, 9.17) is 5.73 Å². The summed E-state index contributed by atoms with van der Waals surface area (Å²) in [5, 5.41) is 2.15. The first kappa shape index (κ1) is 10.5. The molecule has 0 spiro atoms. The summed E-state index contributed by atoms with van der Waals surface area (Å²) in [7, 11) is 0. The van der Waals surface area contributed by atoms with E-state index < -0.39 is 0 Å². The van der Waals surface area contributed by atoms with Crippen LogP contribution in [0.25, 0.3) is 5.69 Å². The van der Waals surface area contributed by atoms with E-state index in [1.54, 1.807) is 23.1 Å². The minimum Gasteiger partial charge on any atom is -0.393 e. The molecule has 4 heteroatoms. The molecule has 0 radical (unpaired) electrons. The van der Waals surface area contributed by atoms with Gasteiger partial charge < -0.3 is 5.73 Å². The summed E-state index contributed by atoms with van der Waals surface area (Å²) in [6, 6.07) is 7.96. The van der Waals surface area contributed by atoms with Gasteiger partial charge in [0.1, 0.15) is 5.69 Å². The fourth-order valence-corrected chi connectivity index (χ4v) is 3.18. The van der Waals surface area contributed by atoms with E-state index in [2.05, 4.69) is 29.2 Å². The normalized spacial score (nSPS) is 10.5. The van der Waals surface area contributed by atoms with Gasteiger partial charge in [0.2, 0.25) is 5.69 Å². The van der Waals surface area contributed by atoms with E-state index in [9.17, 15) is 0 Å². The van der Waals surface area contributed by atoms with Gasteiger partial charge in [0, 0.05) is 13.0 Å². The zero-order valence-electron chi connectivity index (χ0n) is 8.73. The van der Waals surface area contributed by atoms with Gasteiger partial charge in [-0.05, 0) is 24.1 Å². The van der Waals surface area contributed by atoms with Gasteiger partial charge in [-0.15, -0.1) is 4.57 Å². The molecule has 2 N–H and O–H groups in total. The number of para-hydroxylation sites is 2. The van der Waals surface area contributed by atoms with Crippen molar-refractivity contribution in [2.45, 2.75) is 11.3 Å². The van der Waals surface area contributed by atoms with Crippen LogP contribution in [0.5, 0.6) is 0 Å². The maximum atomic E-state index is 5.98. The molecule has 0 aliphatic rings. The van der Waals surface area contributed by atoms with Crippen molar-refractivity contribution >= 4 is 28.8 Å². The predicted molar refractivity (Wildman–Crippen MR) is 66.8 cm³/mol. The fraction of sp³-hybridized carbons (Fsp3) is 0.182. The number of nitrogen functional groups attached to an aromatic ring is 1. The van der Waals surface area contributed by atoms with Gasteiger partial charge in [0.05, 0.1) is 5.38 Å². The Balaban J connectivity index is 2.63. The summed E-state index contributed by atoms with van der Waals surface area (Å²) >= 11 is 3.50. The molecule has 2 nitrogen and oxygen atoms in total. The second-order valence-electron chi connectivity index (χ2n) is 3.24. The summed E-state index contributed by atoms with van der Waals surface area (Å²) in [5.41, 5.74) is 9.09. The SMILES string of the molecule is CSc1scc(C)[n+]1-c1ccccc1N. The van der Waals surface area contributed by atoms with E-state index in [-0.39, 0.29) is 0 Å². The molecule has 78 valence electrons. The van der Waals surface area contributed by atoms with E-state index >= 15 is 0 Å². The number of aryl methyl sites for hydroxylation is 1. The predicted octanol–water partition coefficient (Wildman–Crippen LogP) is 2.64. The van der Waals surface area contributed by atoms with E-state index in [0.717, 1.165) is 11.4 Å². The highest BCUT2D eigenvalue weighted by Crippen LogP contribution is 2.22. The average Bonchev–Trinajstić information content (AvgIpc) is 2.60. The molecule has 2 rings (SSSR count). The monoisotopic (exact) mass is 237 g/mol. The number of nitrogens with two attached hydrogens (primary N) is 1. The van der Waals surface area contributed by atoms with Crippen LogP contribution in [0.1, 0.15) is 5.69 Å². The molecule has 0 atom stereocenters. The minimum absolute atomic E-state index is 0.819. The third kappa shape index (κ3) is 1.87. The van der Waals surface area contributed by atoms with Crippen molar-refractivity contribution < 1.29 is 4.57 Å². The Kier molecular flexibility index (Phi) is 2.98. The van der Waals surface area contributed by atoms with Crippen LogP contribution in [0.4, 0.5) is 5.69 Å². The molecule has 0 bridgehead atoms. The van der Waals surface area contributed by atoms with Crippen LogP contribution in [-0.2, 0) is 0 Å². The third-order valence-corrected chi connectivity index (χ3v) is 4.38. The van der Waals surface area contributed by atoms with Crippen LogP contribution in [0, 0.1) is 6.92 Å². The number of benzene rings is 1. The lowest BCUT2D eigenvalue weighted by Gasteiger charge is -2.00. The fourth-order valence-electron chi connectivity index (χ4n) is 1.50. The zero-order valence-corrected chi connectivity index (χ0v) is 10.4. The molecule has 0 fully saturated rings. The maximum Gasteiger partial charge on any atom is 0.303 e. The van der Waals surface area contributed by atoms with Gasteiger partial charge in [0.15, 0.2) is 5.69 Å². The molecule has 0 aliphatic carbocycles. The smallest absolute Gasteiger partial charge is 0.303 e. The Hall–Kier alpha value is -1.00. The van der Waals surface area contributed by atoms with Crippen molar-refractivity contribution in [3.63, 3.8) is 0 Å². The molecule has 0 unspecified atom stereocenters. The van der Waals surface area contributed by atoms with Crippen molar-refractivity contribution in [1.82, 2.24) is 0 Å². The topological polar surface area (TPSA) is 29.9 Å². The highest BCUT2D eigenvalue weighted by molar-refractivity contribution is 8.00. The Morgan fingerprint density at radius 1 is 1.33 bits per heavy atom.